The van der Waals surface area contributed by atoms with Crippen LogP contribution in [0.25, 0.3) is 0 Å². The van der Waals surface area contributed by atoms with Crippen molar-refractivity contribution in [2.24, 2.45) is 7.05 Å². The van der Waals surface area contributed by atoms with Gasteiger partial charge in [0.15, 0.2) is 0 Å². The van der Waals surface area contributed by atoms with Crippen molar-refractivity contribution in [3.05, 3.63) is 37.2 Å². The van der Waals surface area contributed by atoms with Crippen molar-refractivity contribution < 1.29 is 5.11 Å². The molecule has 3 nitrogen and oxygen atoms in total. The summed E-state index contributed by atoms with van der Waals surface area (Å²) in [5, 5.41) is 16.2. The summed E-state index contributed by atoms with van der Waals surface area (Å²) in [6.45, 7) is 0. The molecule has 0 aliphatic heterocycles. The van der Waals surface area contributed by atoms with Crippen LogP contribution in [0, 0.1) is 0 Å². The summed E-state index contributed by atoms with van der Waals surface area (Å²) in [5.74, 6) is 0. The number of aliphatic hydroxyl groups excluding tert-OH is 1. The number of thiophene rings is 1. The van der Waals surface area contributed by atoms with Gasteiger partial charge in [0.1, 0.15) is 6.10 Å². The second-order valence-electron chi connectivity index (χ2n) is 3.04. The van der Waals surface area contributed by atoms with E-state index in [4.69, 9.17) is 0 Å². The molecule has 80 valence electrons. The van der Waals surface area contributed by atoms with Gasteiger partial charge in [0.2, 0.25) is 0 Å². The van der Waals surface area contributed by atoms with Gasteiger partial charge in [-0.05, 0) is 43.3 Å². The van der Waals surface area contributed by atoms with Crippen LogP contribution in [0.5, 0.6) is 0 Å². The predicted molar refractivity (Wildman–Crippen MR) is 67.0 cm³/mol. The average Bonchev–Trinajstić information content (AvgIpc) is 2.73. The molecule has 0 radical (unpaired) electrons. The highest BCUT2D eigenvalue weighted by Crippen LogP contribution is 2.35. The number of halogens is 2. The van der Waals surface area contributed by atoms with Crippen molar-refractivity contribution in [2.75, 3.05) is 0 Å². The van der Waals surface area contributed by atoms with Crippen LogP contribution in [0.1, 0.15) is 16.7 Å². The van der Waals surface area contributed by atoms with Crippen LogP contribution >= 0.6 is 43.2 Å². The van der Waals surface area contributed by atoms with Crippen molar-refractivity contribution in [3.63, 3.8) is 0 Å². The van der Waals surface area contributed by atoms with Crippen LogP contribution in [0.15, 0.2) is 26.6 Å². The number of nitrogens with zero attached hydrogens (tertiary/aromatic N) is 2. The third kappa shape index (κ3) is 2.04. The minimum absolute atomic E-state index is 0.652. The maximum atomic E-state index is 10.2. The Morgan fingerprint density at radius 2 is 2.20 bits per heavy atom. The summed E-state index contributed by atoms with van der Waals surface area (Å²) >= 11 is 8.30. The van der Waals surface area contributed by atoms with Crippen LogP contribution in [0.2, 0.25) is 0 Å². The van der Waals surface area contributed by atoms with Crippen molar-refractivity contribution in [1.29, 1.82) is 0 Å². The van der Waals surface area contributed by atoms with Crippen LogP contribution in [0.3, 0.4) is 0 Å². The first-order valence-corrected chi connectivity index (χ1v) is 6.66. The van der Waals surface area contributed by atoms with Crippen molar-refractivity contribution >= 4 is 43.2 Å². The highest BCUT2D eigenvalue weighted by molar-refractivity contribution is 9.10. The van der Waals surface area contributed by atoms with Crippen LogP contribution in [-0.2, 0) is 7.05 Å². The first kappa shape index (κ1) is 11.3. The number of rotatable bonds is 2. The molecular formula is C9H8Br2N2OS. The normalized spacial score (nSPS) is 13.1. The molecule has 1 N–H and O–H groups in total. The molecule has 2 rings (SSSR count). The summed E-state index contributed by atoms with van der Waals surface area (Å²) in [6.07, 6.45) is 1.03. The predicted octanol–water partition coefficient (Wildman–Crippen LogP) is 3.09. The van der Waals surface area contributed by atoms with E-state index in [0.29, 0.717) is 0 Å². The van der Waals surface area contributed by atoms with E-state index in [1.807, 2.05) is 18.5 Å². The highest BCUT2D eigenvalue weighted by Gasteiger charge is 2.21. The van der Waals surface area contributed by atoms with E-state index in [9.17, 15) is 5.11 Å². The van der Waals surface area contributed by atoms with Gasteiger partial charge in [0, 0.05) is 11.5 Å². The van der Waals surface area contributed by atoms with E-state index in [1.54, 1.807) is 10.9 Å². The molecule has 2 heterocycles. The van der Waals surface area contributed by atoms with Gasteiger partial charge in [-0.3, -0.25) is 4.68 Å². The fourth-order valence-electron chi connectivity index (χ4n) is 1.35. The van der Waals surface area contributed by atoms with Gasteiger partial charge in [-0.25, -0.2) is 0 Å². The quantitative estimate of drug-likeness (QED) is 0.902. The lowest BCUT2D eigenvalue weighted by atomic mass is 10.2. The van der Waals surface area contributed by atoms with E-state index in [0.717, 1.165) is 19.5 Å². The Morgan fingerprint density at radius 3 is 2.67 bits per heavy atom. The first-order valence-electron chi connectivity index (χ1n) is 4.19. The van der Waals surface area contributed by atoms with E-state index in [1.165, 1.54) is 11.3 Å². The maximum Gasteiger partial charge on any atom is 0.132 e. The van der Waals surface area contributed by atoms with Gasteiger partial charge >= 0.3 is 0 Å². The minimum Gasteiger partial charge on any atom is -0.381 e. The Kier molecular flexibility index (Phi) is 3.30. The number of aromatic nitrogens is 2. The molecule has 0 aromatic carbocycles. The number of aliphatic hydroxyl groups is 1. The fourth-order valence-corrected chi connectivity index (χ4v) is 3.49. The van der Waals surface area contributed by atoms with E-state index in [-0.39, 0.29) is 0 Å². The van der Waals surface area contributed by atoms with Gasteiger partial charge in [-0.2, -0.15) is 5.10 Å². The summed E-state index contributed by atoms with van der Waals surface area (Å²) < 4.78 is 3.41. The van der Waals surface area contributed by atoms with Crippen LogP contribution < -0.4 is 0 Å². The molecule has 0 fully saturated rings. The van der Waals surface area contributed by atoms with E-state index < -0.39 is 6.10 Å². The van der Waals surface area contributed by atoms with Gasteiger partial charge in [-0.15, -0.1) is 11.3 Å². The number of aryl methyl sites for hydroxylation is 1. The Morgan fingerprint density at radius 1 is 1.47 bits per heavy atom. The van der Waals surface area contributed by atoms with Gasteiger partial charge in [0.25, 0.3) is 0 Å². The van der Waals surface area contributed by atoms with Crippen molar-refractivity contribution in [1.82, 2.24) is 9.78 Å². The molecule has 6 heteroatoms. The van der Waals surface area contributed by atoms with Crippen molar-refractivity contribution in [3.8, 4) is 0 Å². The third-order valence-electron chi connectivity index (χ3n) is 2.09. The molecule has 1 atom stereocenters. The fraction of sp³-hybridized carbons (Fsp3) is 0.222. The van der Waals surface area contributed by atoms with Gasteiger partial charge in [-0.1, -0.05) is 0 Å². The molecule has 15 heavy (non-hydrogen) atoms. The zero-order valence-corrected chi connectivity index (χ0v) is 11.8. The lowest BCUT2D eigenvalue weighted by molar-refractivity contribution is 0.212. The van der Waals surface area contributed by atoms with E-state index in [2.05, 4.69) is 37.0 Å². The second kappa shape index (κ2) is 4.37. The molecule has 0 aliphatic rings. The topological polar surface area (TPSA) is 38.0 Å². The largest absolute Gasteiger partial charge is 0.381 e. The average molecular weight is 352 g/mol. The van der Waals surface area contributed by atoms with Gasteiger partial charge < -0.3 is 5.11 Å². The Balaban J connectivity index is 2.45. The highest BCUT2D eigenvalue weighted by atomic mass is 79.9. The Bertz CT molecular complexity index is 461. The molecule has 1 unspecified atom stereocenters. The third-order valence-corrected chi connectivity index (χ3v) is 4.62. The summed E-state index contributed by atoms with van der Waals surface area (Å²) in [7, 11) is 1.81. The monoisotopic (exact) mass is 350 g/mol. The lowest BCUT2D eigenvalue weighted by Gasteiger charge is -2.10. The van der Waals surface area contributed by atoms with Crippen LogP contribution in [0.4, 0.5) is 0 Å². The smallest absolute Gasteiger partial charge is 0.132 e. The maximum absolute atomic E-state index is 10.2. The number of hydrogen-bond acceptors (Lipinski definition) is 3. The molecule has 0 spiro atoms. The zero-order valence-electron chi connectivity index (χ0n) is 7.82. The second-order valence-corrected chi connectivity index (χ2v) is 5.69. The SMILES string of the molecule is Cn1ncc(Br)c1C(O)c1sccc1Br. The van der Waals surface area contributed by atoms with Crippen LogP contribution in [-0.4, -0.2) is 14.9 Å². The standard InChI is InChI=1S/C9H8Br2N2OS/c1-13-7(6(11)4-12-13)8(14)9-5(10)2-3-15-9/h2-4,8,14H,1H3. The van der Waals surface area contributed by atoms with Crippen molar-refractivity contribution in [2.45, 2.75) is 6.10 Å². The minimum atomic E-state index is -0.652. The summed E-state index contributed by atoms with van der Waals surface area (Å²) in [6, 6.07) is 1.92. The zero-order chi connectivity index (χ0) is 11.0. The summed E-state index contributed by atoms with van der Waals surface area (Å²) in [4.78, 5) is 0.888. The molecule has 0 amide bonds. The first-order chi connectivity index (χ1) is 7.11. The molecule has 0 aliphatic carbocycles. The van der Waals surface area contributed by atoms with Gasteiger partial charge in [0.05, 0.1) is 21.2 Å². The molecule has 2 aromatic rings. The number of hydrogen-bond donors (Lipinski definition) is 1. The van der Waals surface area contributed by atoms with E-state index >= 15 is 0 Å². The molecule has 2 aromatic heterocycles. The summed E-state index contributed by atoms with van der Waals surface area (Å²) in [5.41, 5.74) is 0.762. The molecular weight excluding hydrogens is 344 g/mol. The Labute approximate surface area is 108 Å². The lowest BCUT2D eigenvalue weighted by Crippen LogP contribution is -2.06. The molecule has 0 bridgehead atoms. The molecule has 0 saturated heterocycles. The Hall–Kier alpha value is -0.170. The molecule has 0 saturated carbocycles.